The van der Waals surface area contributed by atoms with Crippen LogP contribution in [0.5, 0.6) is 5.75 Å². The fraction of sp³-hybridized carbons (Fsp3) is 0.0952. The van der Waals surface area contributed by atoms with Crippen molar-refractivity contribution in [2.45, 2.75) is 6.42 Å². The molecule has 1 aliphatic rings. The SMILES string of the molecule is O=C(Nc1ccc(-c2cc3c(cc2Br)CCO3)cc1)c1ccccc1F. The van der Waals surface area contributed by atoms with E-state index < -0.39 is 11.7 Å². The van der Waals surface area contributed by atoms with Crippen LogP contribution in [0.15, 0.2) is 65.1 Å². The average Bonchev–Trinajstić information content (AvgIpc) is 3.09. The molecule has 5 heteroatoms. The first kappa shape index (κ1) is 16.8. The van der Waals surface area contributed by atoms with Crippen molar-refractivity contribution in [1.29, 1.82) is 0 Å². The second-order valence-electron chi connectivity index (χ2n) is 6.05. The summed E-state index contributed by atoms with van der Waals surface area (Å²) >= 11 is 3.62. The Balaban J connectivity index is 1.56. The van der Waals surface area contributed by atoms with Gasteiger partial charge in [0.25, 0.3) is 5.91 Å². The maximum atomic E-state index is 13.7. The van der Waals surface area contributed by atoms with Crippen molar-refractivity contribution in [3.8, 4) is 16.9 Å². The van der Waals surface area contributed by atoms with Gasteiger partial charge < -0.3 is 10.1 Å². The zero-order valence-electron chi connectivity index (χ0n) is 13.8. The maximum absolute atomic E-state index is 13.7. The van der Waals surface area contributed by atoms with Gasteiger partial charge >= 0.3 is 0 Å². The molecule has 1 aliphatic heterocycles. The van der Waals surface area contributed by atoms with Crippen LogP contribution >= 0.6 is 15.9 Å². The zero-order chi connectivity index (χ0) is 18.1. The van der Waals surface area contributed by atoms with Gasteiger partial charge in [-0.15, -0.1) is 0 Å². The van der Waals surface area contributed by atoms with Crippen LogP contribution in [0.3, 0.4) is 0 Å². The second-order valence-corrected chi connectivity index (χ2v) is 6.90. The zero-order valence-corrected chi connectivity index (χ0v) is 15.3. The molecule has 0 aromatic heterocycles. The van der Waals surface area contributed by atoms with E-state index in [1.165, 1.54) is 17.7 Å². The first-order chi connectivity index (χ1) is 12.6. The van der Waals surface area contributed by atoms with Gasteiger partial charge in [-0.05, 0) is 53.1 Å². The summed E-state index contributed by atoms with van der Waals surface area (Å²) in [5.74, 6) is -0.0909. The molecule has 3 nitrogen and oxygen atoms in total. The third-order valence-electron chi connectivity index (χ3n) is 4.35. The van der Waals surface area contributed by atoms with Crippen LogP contribution in [0.4, 0.5) is 10.1 Å². The summed E-state index contributed by atoms with van der Waals surface area (Å²) in [4.78, 5) is 12.2. The third kappa shape index (κ3) is 3.22. The fourth-order valence-corrected chi connectivity index (χ4v) is 3.61. The summed E-state index contributed by atoms with van der Waals surface area (Å²) in [6.07, 6.45) is 0.926. The van der Waals surface area contributed by atoms with Gasteiger partial charge in [0.1, 0.15) is 11.6 Å². The van der Waals surface area contributed by atoms with Crippen molar-refractivity contribution in [3.05, 3.63) is 82.1 Å². The van der Waals surface area contributed by atoms with E-state index in [1.54, 1.807) is 24.3 Å². The number of carbonyl (C=O) groups excluding carboxylic acids is 1. The highest BCUT2D eigenvalue weighted by atomic mass is 79.9. The van der Waals surface area contributed by atoms with E-state index in [1.807, 2.05) is 18.2 Å². The third-order valence-corrected chi connectivity index (χ3v) is 5.01. The van der Waals surface area contributed by atoms with E-state index in [0.717, 1.165) is 27.8 Å². The van der Waals surface area contributed by atoms with Crippen LogP contribution < -0.4 is 10.1 Å². The standard InChI is InChI=1S/C21H15BrFNO2/c22-18-11-14-9-10-26-20(14)12-17(18)13-5-7-15(8-6-13)24-21(25)16-3-1-2-4-19(16)23/h1-8,11-12H,9-10H2,(H,24,25). The molecule has 0 saturated heterocycles. The number of hydrogen-bond acceptors (Lipinski definition) is 2. The molecular weight excluding hydrogens is 397 g/mol. The quantitative estimate of drug-likeness (QED) is 0.622. The average molecular weight is 412 g/mol. The number of ether oxygens (including phenoxy) is 1. The van der Waals surface area contributed by atoms with E-state index in [4.69, 9.17) is 4.74 Å². The Kier molecular flexibility index (Phi) is 4.47. The number of benzene rings is 3. The molecule has 0 spiro atoms. The molecule has 26 heavy (non-hydrogen) atoms. The molecule has 1 N–H and O–H groups in total. The highest BCUT2D eigenvalue weighted by Gasteiger charge is 2.16. The molecule has 0 fully saturated rings. The number of nitrogens with one attached hydrogen (secondary N) is 1. The monoisotopic (exact) mass is 411 g/mol. The number of hydrogen-bond donors (Lipinski definition) is 1. The van der Waals surface area contributed by atoms with E-state index >= 15 is 0 Å². The van der Waals surface area contributed by atoms with Crippen LogP contribution in [0, 0.1) is 5.82 Å². The summed E-state index contributed by atoms with van der Waals surface area (Å²) in [7, 11) is 0. The van der Waals surface area contributed by atoms with E-state index in [-0.39, 0.29) is 5.56 Å². The molecule has 0 atom stereocenters. The van der Waals surface area contributed by atoms with Crippen molar-refractivity contribution < 1.29 is 13.9 Å². The minimum Gasteiger partial charge on any atom is -0.493 e. The second kappa shape index (κ2) is 6.92. The summed E-state index contributed by atoms with van der Waals surface area (Å²) in [5.41, 5.74) is 3.86. The summed E-state index contributed by atoms with van der Waals surface area (Å²) in [5, 5.41) is 2.72. The number of amides is 1. The molecular formula is C21H15BrFNO2. The highest BCUT2D eigenvalue weighted by Crippen LogP contribution is 2.37. The van der Waals surface area contributed by atoms with E-state index in [9.17, 15) is 9.18 Å². The van der Waals surface area contributed by atoms with Crippen LogP contribution in [-0.4, -0.2) is 12.5 Å². The Morgan fingerprint density at radius 3 is 2.62 bits per heavy atom. The van der Waals surface area contributed by atoms with Gasteiger partial charge in [0, 0.05) is 16.6 Å². The highest BCUT2D eigenvalue weighted by molar-refractivity contribution is 9.10. The number of halogens is 2. The Morgan fingerprint density at radius 2 is 1.85 bits per heavy atom. The van der Waals surface area contributed by atoms with Gasteiger partial charge in [0.15, 0.2) is 0 Å². The Hall–Kier alpha value is -2.66. The Labute approximate surface area is 158 Å². The van der Waals surface area contributed by atoms with Crippen LogP contribution in [-0.2, 0) is 6.42 Å². The van der Waals surface area contributed by atoms with E-state index in [0.29, 0.717) is 12.3 Å². The number of carbonyl (C=O) groups is 1. The minimum atomic E-state index is -0.538. The Morgan fingerprint density at radius 1 is 1.08 bits per heavy atom. The lowest BCUT2D eigenvalue weighted by Crippen LogP contribution is -2.13. The lowest BCUT2D eigenvalue weighted by molar-refractivity contribution is 0.102. The van der Waals surface area contributed by atoms with Gasteiger partial charge in [-0.3, -0.25) is 4.79 Å². The van der Waals surface area contributed by atoms with E-state index in [2.05, 4.69) is 27.3 Å². The van der Waals surface area contributed by atoms with Crippen molar-refractivity contribution in [3.63, 3.8) is 0 Å². The van der Waals surface area contributed by atoms with Crippen molar-refractivity contribution in [1.82, 2.24) is 0 Å². The Bertz CT molecular complexity index is 986. The molecule has 4 rings (SSSR count). The molecule has 130 valence electrons. The first-order valence-electron chi connectivity index (χ1n) is 8.23. The minimum absolute atomic E-state index is 0.0232. The molecule has 1 heterocycles. The molecule has 3 aromatic carbocycles. The van der Waals surface area contributed by atoms with Crippen LogP contribution in [0.2, 0.25) is 0 Å². The normalized spacial score (nSPS) is 12.4. The van der Waals surface area contributed by atoms with Gasteiger partial charge in [-0.2, -0.15) is 0 Å². The van der Waals surface area contributed by atoms with Crippen molar-refractivity contribution >= 4 is 27.5 Å². The number of rotatable bonds is 3. The molecule has 3 aromatic rings. The predicted octanol–water partition coefficient (Wildman–Crippen LogP) is 5.44. The van der Waals surface area contributed by atoms with Gasteiger partial charge in [-0.25, -0.2) is 4.39 Å². The van der Waals surface area contributed by atoms with Gasteiger partial charge in [0.05, 0.1) is 12.2 Å². The molecule has 0 aliphatic carbocycles. The largest absolute Gasteiger partial charge is 0.493 e. The number of anilines is 1. The summed E-state index contributed by atoms with van der Waals surface area (Å²) in [6.45, 7) is 0.715. The summed E-state index contributed by atoms with van der Waals surface area (Å²) < 4.78 is 20.3. The topological polar surface area (TPSA) is 38.3 Å². The molecule has 0 bridgehead atoms. The predicted molar refractivity (Wildman–Crippen MR) is 103 cm³/mol. The fourth-order valence-electron chi connectivity index (χ4n) is 2.99. The van der Waals surface area contributed by atoms with Gasteiger partial charge in [-0.1, -0.05) is 40.2 Å². The smallest absolute Gasteiger partial charge is 0.258 e. The first-order valence-corrected chi connectivity index (χ1v) is 9.02. The molecule has 0 saturated carbocycles. The maximum Gasteiger partial charge on any atom is 0.258 e. The van der Waals surface area contributed by atoms with Crippen molar-refractivity contribution in [2.24, 2.45) is 0 Å². The number of fused-ring (bicyclic) bond motifs is 1. The van der Waals surface area contributed by atoms with Crippen LogP contribution in [0.25, 0.3) is 11.1 Å². The molecule has 0 radical (unpaired) electrons. The van der Waals surface area contributed by atoms with Gasteiger partial charge in [0.2, 0.25) is 0 Å². The van der Waals surface area contributed by atoms with Crippen molar-refractivity contribution in [2.75, 3.05) is 11.9 Å². The lowest BCUT2D eigenvalue weighted by atomic mass is 10.0. The molecule has 0 unspecified atom stereocenters. The van der Waals surface area contributed by atoms with Crippen LogP contribution in [0.1, 0.15) is 15.9 Å². The molecule has 1 amide bonds. The summed E-state index contributed by atoms with van der Waals surface area (Å²) in [6, 6.07) is 17.5. The lowest BCUT2D eigenvalue weighted by Gasteiger charge is -2.10.